The number of nitrogens with zero attached hydrogens (tertiary/aromatic N) is 3. The summed E-state index contributed by atoms with van der Waals surface area (Å²) < 4.78 is 26.9. The molecule has 0 bridgehead atoms. The summed E-state index contributed by atoms with van der Waals surface area (Å²) in [7, 11) is -0.417. The standard InChI is InChI=1S/C12H19N5O3S2/c1-4-6-13-11(18)15-12-14-9-5-7-17(8-10(9)21-12)22(19,20)16(2)3/h4H,1,5-8H2,2-3H3,(H2,13,14,15,18). The lowest BCUT2D eigenvalue weighted by Crippen LogP contribution is -2.42. The molecule has 1 aliphatic heterocycles. The third kappa shape index (κ3) is 3.64. The fraction of sp³-hybridized carbons (Fsp3) is 0.500. The smallest absolute Gasteiger partial charge is 0.321 e. The Labute approximate surface area is 134 Å². The number of hydrogen-bond donors (Lipinski definition) is 2. The van der Waals surface area contributed by atoms with Gasteiger partial charge in [-0.15, -0.1) is 6.58 Å². The van der Waals surface area contributed by atoms with Crippen molar-refractivity contribution in [3.8, 4) is 0 Å². The third-order valence-corrected chi connectivity index (χ3v) is 6.00. The highest BCUT2D eigenvalue weighted by Gasteiger charge is 2.30. The molecule has 0 saturated carbocycles. The van der Waals surface area contributed by atoms with Crippen molar-refractivity contribution in [2.24, 2.45) is 0 Å². The lowest BCUT2D eigenvalue weighted by Gasteiger charge is -2.27. The number of urea groups is 1. The zero-order valence-corrected chi connectivity index (χ0v) is 14.1. The van der Waals surface area contributed by atoms with Crippen LogP contribution in [0.3, 0.4) is 0 Å². The number of hydrogen-bond acceptors (Lipinski definition) is 5. The van der Waals surface area contributed by atoms with E-state index in [9.17, 15) is 13.2 Å². The molecule has 1 aromatic rings. The fourth-order valence-corrected chi connectivity index (χ4v) is 4.14. The minimum atomic E-state index is -3.43. The first-order valence-electron chi connectivity index (χ1n) is 6.66. The molecule has 0 unspecified atom stereocenters. The number of aromatic nitrogens is 1. The summed E-state index contributed by atoms with van der Waals surface area (Å²) in [6, 6.07) is -0.358. The highest BCUT2D eigenvalue weighted by molar-refractivity contribution is 7.86. The van der Waals surface area contributed by atoms with Crippen LogP contribution in [-0.4, -0.2) is 55.2 Å². The molecule has 0 fully saturated rings. The Balaban J connectivity index is 2.08. The van der Waals surface area contributed by atoms with E-state index < -0.39 is 10.2 Å². The van der Waals surface area contributed by atoms with Gasteiger partial charge in [0.15, 0.2) is 5.13 Å². The molecular weight excluding hydrogens is 326 g/mol. The minimum Gasteiger partial charge on any atom is -0.334 e. The molecule has 2 amide bonds. The first kappa shape index (κ1) is 16.9. The second-order valence-electron chi connectivity index (χ2n) is 4.89. The van der Waals surface area contributed by atoms with Crippen LogP contribution in [0.5, 0.6) is 0 Å². The Morgan fingerprint density at radius 1 is 1.55 bits per heavy atom. The molecule has 122 valence electrons. The van der Waals surface area contributed by atoms with E-state index in [0.29, 0.717) is 24.6 Å². The van der Waals surface area contributed by atoms with Crippen molar-refractivity contribution in [3.63, 3.8) is 0 Å². The number of rotatable bonds is 5. The quantitative estimate of drug-likeness (QED) is 0.765. The van der Waals surface area contributed by atoms with Crippen molar-refractivity contribution in [3.05, 3.63) is 23.2 Å². The Kier molecular flexibility index (Phi) is 5.16. The van der Waals surface area contributed by atoms with Crippen molar-refractivity contribution in [2.75, 3.05) is 32.5 Å². The summed E-state index contributed by atoms with van der Waals surface area (Å²) in [4.78, 5) is 16.8. The van der Waals surface area contributed by atoms with E-state index in [1.807, 2.05) is 0 Å². The molecule has 0 saturated heterocycles. The molecule has 1 aromatic heterocycles. The fourth-order valence-electron chi connectivity index (χ4n) is 1.96. The summed E-state index contributed by atoms with van der Waals surface area (Å²) in [6.07, 6.45) is 2.12. The molecule has 1 aliphatic rings. The van der Waals surface area contributed by atoms with Gasteiger partial charge in [-0.2, -0.15) is 17.0 Å². The molecule has 0 atom stereocenters. The van der Waals surface area contributed by atoms with Crippen molar-refractivity contribution in [1.29, 1.82) is 0 Å². The molecule has 2 rings (SSSR count). The van der Waals surface area contributed by atoms with Gasteiger partial charge in [0.2, 0.25) is 0 Å². The van der Waals surface area contributed by atoms with Crippen LogP contribution in [-0.2, 0) is 23.2 Å². The molecule has 2 N–H and O–H groups in total. The molecule has 10 heteroatoms. The van der Waals surface area contributed by atoms with E-state index >= 15 is 0 Å². The topological polar surface area (TPSA) is 94.6 Å². The number of anilines is 1. The van der Waals surface area contributed by atoms with Gasteiger partial charge in [-0.3, -0.25) is 5.32 Å². The molecule has 22 heavy (non-hydrogen) atoms. The number of carbonyl (C=O) groups excluding carboxylic acids is 1. The van der Waals surface area contributed by atoms with Gasteiger partial charge in [-0.1, -0.05) is 17.4 Å². The van der Waals surface area contributed by atoms with Crippen LogP contribution in [0.4, 0.5) is 9.93 Å². The minimum absolute atomic E-state index is 0.281. The van der Waals surface area contributed by atoms with Crippen molar-refractivity contribution in [1.82, 2.24) is 18.9 Å². The summed E-state index contributed by atoms with van der Waals surface area (Å²) in [5, 5.41) is 5.70. The maximum atomic E-state index is 12.1. The van der Waals surface area contributed by atoms with Crippen molar-refractivity contribution >= 4 is 32.7 Å². The van der Waals surface area contributed by atoms with E-state index in [4.69, 9.17) is 0 Å². The van der Waals surface area contributed by atoms with Crippen LogP contribution in [0, 0.1) is 0 Å². The van der Waals surface area contributed by atoms with Gasteiger partial charge in [-0.25, -0.2) is 9.78 Å². The molecule has 0 spiro atoms. The third-order valence-electron chi connectivity index (χ3n) is 3.11. The number of fused-ring (bicyclic) bond motifs is 1. The molecule has 0 aromatic carbocycles. The van der Waals surface area contributed by atoms with Crippen LogP contribution in [0.2, 0.25) is 0 Å². The van der Waals surface area contributed by atoms with Crippen LogP contribution in [0.1, 0.15) is 10.6 Å². The van der Waals surface area contributed by atoms with Gasteiger partial charge < -0.3 is 5.32 Å². The zero-order valence-electron chi connectivity index (χ0n) is 12.5. The largest absolute Gasteiger partial charge is 0.334 e. The average molecular weight is 345 g/mol. The zero-order chi connectivity index (χ0) is 16.3. The van der Waals surface area contributed by atoms with Gasteiger partial charge in [0.05, 0.1) is 12.2 Å². The van der Waals surface area contributed by atoms with Crippen LogP contribution in [0.25, 0.3) is 0 Å². The second kappa shape index (κ2) is 6.73. The van der Waals surface area contributed by atoms with E-state index in [1.54, 1.807) is 6.08 Å². The van der Waals surface area contributed by atoms with Gasteiger partial charge >= 0.3 is 6.03 Å². The second-order valence-corrected chi connectivity index (χ2v) is 8.11. The highest BCUT2D eigenvalue weighted by atomic mass is 32.2. The van der Waals surface area contributed by atoms with E-state index in [-0.39, 0.29) is 12.6 Å². The number of carbonyl (C=O) groups is 1. The summed E-state index contributed by atoms with van der Waals surface area (Å²) >= 11 is 1.30. The van der Waals surface area contributed by atoms with Gasteiger partial charge in [0.25, 0.3) is 10.2 Å². The summed E-state index contributed by atoms with van der Waals surface area (Å²) in [5.74, 6) is 0. The SMILES string of the molecule is C=CCNC(=O)Nc1nc2c(s1)CN(S(=O)(=O)N(C)C)CC2. The van der Waals surface area contributed by atoms with Crippen molar-refractivity contribution < 1.29 is 13.2 Å². The van der Waals surface area contributed by atoms with E-state index in [0.717, 1.165) is 10.6 Å². The van der Waals surface area contributed by atoms with Crippen molar-refractivity contribution in [2.45, 2.75) is 13.0 Å². The monoisotopic (exact) mass is 345 g/mol. The van der Waals surface area contributed by atoms with Crippen LogP contribution < -0.4 is 10.6 Å². The Bertz CT molecular complexity index is 668. The number of amides is 2. The molecule has 0 radical (unpaired) electrons. The summed E-state index contributed by atoms with van der Waals surface area (Å²) in [5.41, 5.74) is 0.842. The number of thiazole rings is 1. The normalized spacial score (nSPS) is 15.4. The summed E-state index contributed by atoms with van der Waals surface area (Å²) in [6.45, 7) is 4.55. The van der Waals surface area contributed by atoms with Gasteiger partial charge in [0.1, 0.15) is 0 Å². The van der Waals surface area contributed by atoms with Crippen LogP contribution in [0.15, 0.2) is 12.7 Å². The lowest BCUT2D eigenvalue weighted by atomic mass is 10.2. The predicted octanol–water partition coefficient (Wildman–Crippen LogP) is 0.615. The maximum Gasteiger partial charge on any atom is 0.321 e. The molecule has 0 aliphatic carbocycles. The molecule has 8 nitrogen and oxygen atoms in total. The first-order valence-corrected chi connectivity index (χ1v) is 8.88. The van der Waals surface area contributed by atoms with Crippen LogP contribution >= 0.6 is 11.3 Å². The van der Waals surface area contributed by atoms with E-state index in [1.165, 1.54) is 34.0 Å². The molecule has 2 heterocycles. The highest BCUT2D eigenvalue weighted by Crippen LogP contribution is 2.29. The predicted molar refractivity (Wildman–Crippen MR) is 86.1 cm³/mol. The maximum absolute atomic E-state index is 12.1. The van der Waals surface area contributed by atoms with Gasteiger partial charge in [-0.05, 0) is 0 Å². The average Bonchev–Trinajstić information content (AvgIpc) is 2.85. The Morgan fingerprint density at radius 2 is 2.27 bits per heavy atom. The first-order chi connectivity index (χ1) is 10.3. The van der Waals surface area contributed by atoms with Gasteiger partial charge in [0, 0.05) is 38.5 Å². The van der Waals surface area contributed by atoms with E-state index in [2.05, 4.69) is 22.2 Å². The number of nitrogens with one attached hydrogen (secondary N) is 2. The Hall–Kier alpha value is -1.49. The Morgan fingerprint density at radius 3 is 2.91 bits per heavy atom. The lowest BCUT2D eigenvalue weighted by molar-refractivity contribution is 0.253. The molecular formula is C12H19N5O3S2.